The van der Waals surface area contributed by atoms with Gasteiger partial charge in [0.2, 0.25) is 11.6 Å². The Hall–Kier alpha value is -0.440. The molecule has 7 nitrogen and oxygen atoms in total. The standard InChI is InChI=1S/C9H16N6O.Na.H/c1-2-3-6(10)9(11,12)7(16)8-14-4-13-5-15-8;;/h4-6H,2-3,10-12H2,1H3;;/q;+1;-1. The van der Waals surface area contributed by atoms with Crippen molar-refractivity contribution < 1.29 is 35.8 Å². The Morgan fingerprint density at radius 1 is 1.47 bits per heavy atom. The molecule has 1 aromatic rings. The van der Waals surface area contributed by atoms with Crippen molar-refractivity contribution in [2.45, 2.75) is 31.5 Å². The third kappa shape index (κ3) is 4.06. The maximum Gasteiger partial charge on any atom is 1.00 e. The zero-order valence-electron chi connectivity index (χ0n) is 11.1. The molecule has 1 rings (SSSR count). The number of nitrogens with zero attached hydrogens (tertiary/aromatic N) is 3. The minimum atomic E-state index is -1.64. The van der Waals surface area contributed by atoms with Crippen LogP contribution in [0.3, 0.4) is 0 Å². The van der Waals surface area contributed by atoms with Crippen LogP contribution in [0.1, 0.15) is 31.8 Å². The van der Waals surface area contributed by atoms with E-state index in [9.17, 15) is 4.79 Å². The zero-order chi connectivity index (χ0) is 12.2. The molecule has 0 aliphatic heterocycles. The molecule has 0 aliphatic rings. The van der Waals surface area contributed by atoms with Crippen LogP contribution in [-0.2, 0) is 0 Å². The number of hydrogen-bond acceptors (Lipinski definition) is 7. The number of rotatable bonds is 5. The van der Waals surface area contributed by atoms with E-state index in [0.29, 0.717) is 6.42 Å². The number of carbonyl (C=O) groups is 1. The molecule has 1 heterocycles. The summed E-state index contributed by atoms with van der Waals surface area (Å²) in [6.07, 6.45) is 3.77. The van der Waals surface area contributed by atoms with Crippen molar-refractivity contribution in [2.24, 2.45) is 17.2 Å². The summed E-state index contributed by atoms with van der Waals surface area (Å²) in [5, 5.41) is 0. The molecule has 1 unspecified atom stereocenters. The molecule has 0 saturated carbocycles. The molecule has 90 valence electrons. The van der Waals surface area contributed by atoms with Gasteiger partial charge in [-0.3, -0.25) is 4.79 Å². The van der Waals surface area contributed by atoms with Crippen LogP contribution < -0.4 is 46.8 Å². The summed E-state index contributed by atoms with van der Waals surface area (Å²) in [4.78, 5) is 22.9. The zero-order valence-corrected chi connectivity index (χ0v) is 12.1. The van der Waals surface area contributed by atoms with E-state index in [0.717, 1.165) is 6.42 Å². The molecule has 0 amide bonds. The molecule has 0 aromatic carbocycles. The third-order valence-corrected chi connectivity index (χ3v) is 2.30. The van der Waals surface area contributed by atoms with Crippen LogP contribution in [0.5, 0.6) is 0 Å². The van der Waals surface area contributed by atoms with Crippen molar-refractivity contribution in [2.75, 3.05) is 0 Å². The average Bonchev–Trinajstić information content (AvgIpc) is 2.29. The number of aromatic nitrogens is 3. The van der Waals surface area contributed by atoms with Crippen LogP contribution >= 0.6 is 0 Å². The van der Waals surface area contributed by atoms with E-state index in [2.05, 4.69) is 15.0 Å². The Kier molecular flexibility index (Phi) is 6.91. The fraction of sp³-hybridized carbons (Fsp3) is 0.556. The smallest absolute Gasteiger partial charge is 1.00 e. The molecule has 0 bridgehead atoms. The van der Waals surface area contributed by atoms with E-state index in [1.807, 2.05) is 6.92 Å². The van der Waals surface area contributed by atoms with Gasteiger partial charge in [-0.1, -0.05) is 13.3 Å². The summed E-state index contributed by atoms with van der Waals surface area (Å²) in [5.74, 6) is -0.637. The van der Waals surface area contributed by atoms with E-state index in [-0.39, 0.29) is 36.8 Å². The van der Waals surface area contributed by atoms with Crippen molar-refractivity contribution in [3.05, 3.63) is 18.5 Å². The van der Waals surface area contributed by atoms with Crippen LogP contribution in [0.25, 0.3) is 0 Å². The van der Waals surface area contributed by atoms with Crippen LogP contribution in [0.15, 0.2) is 12.7 Å². The third-order valence-electron chi connectivity index (χ3n) is 2.30. The Morgan fingerprint density at radius 2 is 2.00 bits per heavy atom. The summed E-state index contributed by atoms with van der Waals surface area (Å²) < 4.78 is 0. The summed E-state index contributed by atoms with van der Waals surface area (Å²) in [5.41, 5.74) is 15.6. The number of nitrogens with two attached hydrogens (primary N) is 3. The number of hydrogen-bond donors (Lipinski definition) is 3. The number of ketones is 1. The molecule has 0 aliphatic carbocycles. The molecule has 0 spiro atoms. The second-order valence-electron chi connectivity index (χ2n) is 3.62. The normalized spacial score (nSPS) is 12.7. The van der Waals surface area contributed by atoms with E-state index in [1.54, 1.807) is 0 Å². The van der Waals surface area contributed by atoms with Gasteiger partial charge in [0.15, 0.2) is 0 Å². The van der Waals surface area contributed by atoms with Gasteiger partial charge < -0.3 is 18.6 Å². The van der Waals surface area contributed by atoms with Gasteiger partial charge in [-0.2, -0.15) is 0 Å². The molecule has 0 radical (unpaired) electrons. The second-order valence-corrected chi connectivity index (χ2v) is 3.62. The fourth-order valence-corrected chi connectivity index (χ4v) is 1.27. The molecule has 0 saturated heterocycles. The van der Waals surface area contributed by atoms with Crippen molar-refractivity contribution in [3.8, 4) is 0 Å². The first kappa shape index (κ1) is 16.6. The van der Waals surface area contributed by atoms with E-state index >= 15 is 0 Å². The van der Waals surface area contributed by atoms with Crippen LogP contribution in [0.2, 0.25) is 0 Å². The molecule has 0 fully saturated rings. The molecular weight excluding hydrogens is 231 g/mol. The van der Waals surface area contributed by atoms with Gasteiger partial charge in [0.1, 0.15) is 18.3 Å². The minimum absolute atomic E-state index is 0. The monoisotopic (exact) mass is 248 g/mol. The second kappa shape index (κ2) is 7.10. The van der Waals surface area contributed by atoms with Gasteiger partial charge in [-0.25, -0.2) is 15.0 Å². The Labute approximate surface area is 123 Å². The van der Waals surface area contributed by atoms with Crippen LogP contribution in [-0.4, -0.2) is 32.4 Å². The number of Topliss-reactive ketones (excluding diaryl/α,β-unsaturated/α-hetero) is 1. The first-order chi connectivity index (χ1) is 7.50. The Balaban J connectivity index is 0. The van der Waals surface area contributed by atoms with Crippen LogP contribution in [0.4, 0.5) is 0 Å². The molecular formula is C9H17N6NaO. The van der Waals surface area contributed by atoms with Crippen molar-refractivity contribution in [1.29, 1.82) is 0 Å². The molecule has 1 aromatic heterocycles. The minimum Gasteiger partial charge on any atom is -1.00 e. The molecule has 1 atom stereocenters. The maximum absolute atomic E-state index is 11.9. The first-order valence-corrected chi connectivity index (χ1v) is 5.00. The summed E-state index contributed by atoms with van der Waals surface area (Å²) in [6.45, 7) is 1.93. The molecule has 8 heteroatoms. The maximum atomic E-state index is 11.9. The van der Waals surface area contributed by atoms with Gasteiger partial charge in [0.25, 0.3) is 0 Å². The van der Waals surface area contributed by atoms with Gasteiger partial charge in [0.05, 0.1) is 0 Å². The predicted octanol–water partition coefficient (Wildman–Crippen LogP) is -4.09. The van der Waals surface area contributed by atoms with E-state index in [4.69, 9.17) is 17.2 Å². The van der Waals surface area contributed by atoms with Gasteiger partial charge in [0, 0.05) is 6.04 Å². The topological polar surface area (TPSA) is 134 Å². The van der Waals surface area contributed by atoms with E-state index in [1.165, 1.54) is 12.7 Å². The van der Waals surface area contributed by atoms with E-state index < -0.39 is 17.5 Å². The van der Waals surface area contributed by atoms with Gasteiger partial charge in [-0.05, 0) is 6.42 Å². The fourth-order valence-electron chi connectivity index (χ4n) is 1.27. The quantitative estimate of drug-likeness (QED) is 0.274. The van der Waals surface area contributed by atoms with Gasteiger partial charge in [-0.15, -0.1) is 0 Å². The first-order valence-electron chi connectivity index (χ1n) is 5.00. The number of carbonyl (C=O) groups excluding carboxylic acids is 1. The summed E-state index contributed by atoms with van der Waals surface area (Å²) >= 11 is 0. The Morgan fingerprint density at radius 3 is 2.47 bits per heavy atom. The summed E-state index contributed by atoms with van der Waals surface area (Å²) in [6, 6.07) is -0.623. The predicted molar refractivity (Wildman–Crippen MR) is 59.3 cm³/mol. The largest absolute Gasteiger partial charge is 1.00 e. The van der Waals surface area contributed by atoms with Crippen LogP contribution in [0, 0.1) is 0 Å². The average molecular weight is 248 g/mol. The Bertz CT molecular complexity index is 363. The molecule has 17 heavy (non-hydrogen) atoms. The van der Waals surface area contributed by atoms with Gasteiger partial charge >= 0.3 is 29.6 Å². The molecule has 6 N–H and O–H groups in total. The van der Waals surface area contributed by atoms with Crippen molar-refractivity contribution in [1.82, 2.24) is 15.0 Å². The SMILES string of the molecule is CCCC(N)C(N)(N)C(=O)c1ncncn1.[H-].[Na+]. The van der Waals surface area contributed by atoms with Crippen molar-refractivity contribution in [3.63, 3.8) is 0 Å². The van der Waals surface area contributed by atoms with Crippen molar-refractivity contribution >= 4 is 5.78 Å². The summed E-state index contributed by atoms with van der Waals surface area (Å²) in [7, 11) is 0.